The van der Waals surface area contributed by atoms with Gasteiger partial charge in [-0.25, -0.2) is 0 Å². The van der Waals surface area contributed by atoms with E-state index in [9.17, 15) is 0 Å². The fourth-order valence-corrected chi connectivity index (χ4v) is 0. The van der Waals surface area contributed by atoms with Crippen LogP contribution in [-0.4, -0.2) is 24.5 Å². The smallest absolute Gasteiger partial charge is 0.0118 e. The molecule has 0 N–H and O–H groups in total. The van der Waals surface area contributed by atoms with E-state index in [4.69, 9.17) is 0 Å². The second kappa shape index (κ2) is 3.08. The first-order valence-corrected chi connectivity index (χ1v) is 2.62. The van der Waals surface area contributed by atoms with E-state index in [0.717, 1.165) is 0 Å². The molecule has 0 aliphatic carbocycles. The SMILES string of the molecule is C.CN(C)C(C)(C)C. The largest absolute Gasteiger partial charge is 0.305 e. The molecule has 0 fully saturated rings. The molecule has 0 radical (unpaired) electrons. The van der Waals surface area contributed by atoms with E-state index in [1.165, 1.54) is 0 Å². The van der Waals surface area contributed by atoms with Gasteiger partial charge in [0.05, 0.1) is 0 Å². The molecule has 1 nitrogen and oxygen atoms in total. The monoisotopic (exact) mass is 117 g/mol. The van der Waals surface area contributed by atoms with Gasteiger partial charge in [0.1, 0.15) is 0 Å². The lowest BCUT2D eigenvalue weighted by Crippen LogP contribution is -2.34. The summed E-state index contributed by atoms with van der Waals surface area (Å²) in [6.45, 7) is 6.56. The highest BCUT2D eigenvalue weighted by Gasteiger charge is 2.10. The molecule has 0 unspecified atom stereocenters. The van der Waals surface area contributed by atoms with Gasteiger partial charge in [0.25, 0.3) is 0 Å². The average Bonchev–Trinajstić information content (AvgIpc) is 1.31. The van der Waals surface area contributed by atoms with Gasteiger partial charge in [-0.3, -0.25) is 0 Å². The molecule has 0 aromatic carbocycles. The predicted molar refractivity (Wildman–Crippen MR) is 40.2 cm³/mol. The summed E-state index contributed by atoms with van der Waals surface area (Å²) in [6, 6.07) is 0. The van der Waals surface area contributed by atoms with Crippen LogP contribution in [0.3, 0.4) is 0 Å². The van der Waals surface area contributed by atoms with Gasteiger partial charge in [-0.1, -0.05) is 7.43 Å². The lowest BCUT2D eigenvalue weighted by Gasteiger charge is -2.27. The molecule has 1 heteroatoms. The average molecular weight is 117 g/mol. The Kier molecular flexibility index (Phi) is 4.18. The topological polar surface area (TPSA) is 3.24 Å². The first-order valence-electron chi connectivity index (χ1n) is 2.62. The molecule has 0 saturated carbocycles. The summed E-state index contributed by atoms with van der Waals surface area (Å²) in [5.41, 5.74) is 0.333. The first-order chi connectivity index (χ1) is 2.94. The van der Waals surface area contributed by atoms with E-state index >= 15 is 0 Å². The van der Waals surface area contributed by atoms with Crippen LogP contribution in [0.1, 0.15) is 28.2 Å². The van der Waals surface area contributed by atoms with Gasteiger partial charge in [0.15, 0.2) is 0 Å². The number of rotatable bonds is 0. The first kappa shape index (κ1) is 10.9. The zero-order chi connectivity index (χ0) is 6.08. The Balaban J connectivity index is 0. The van der Waals surface area contributed by atoms with Crippen LogP contribution in [0, 0.1) is 0 Å². The van der Waals surface area contributed by atoms with Crippen molar-refractivity contribution in [3.63, 3.8) is 0 Å². The summed E-state index contributed by atoms with van der Waals surface area (Å²) in [5, 5.41) is 0. The van der Waals surface area contributed by atoms with Gasteiger partial charge in [-0.05, 0) is 34.9 Å². The minimum atomic E-state index is 0. The van der Waals surface area contributed by atoms with Crippen molar-refractivity contribution >= 4 is 0 Å². The lowest BCUT2D eigenvalue weighted by atomic mass is 10.1. The highest BCUT2D eigenvalue weighted by atomic mass is 15.1. The summed E-state index contributed by atoms with van der Waals surface area (Å²) in [5.74, 6) is 0. The zero-order valence-corrected chi connectivity index (χ0v) is 5.95. The zero-order valence-electron chi connectivity index (χ0n) is 5.95. The van der Waals surface area contributed by atoms with Gasteiger partial charge >= 0.3 is 0 Å². The fraction of sp³-hybridized carbons (Fsp3) is 1.00. The molecule has 0 saturated heterocycles. The Morgan fingerprint density at radius 3 is 1.12 bits per heavy atom. The van der Waals surface area contributed by atoms with Gasteiger partial charge in [0.2, 0.25) is 0 Å². The molecule has 0 spiro atoms. The third-order valence-corrected chi connectivity index (χ3v) is 1.34. The molecule has 52 valence electrons. The lowest BCUT2D eigenvalue weighted by molar-refractivity contribution is 0.219. The van der Waals surface area contributed by atoms with E-state index < -0.39 is 0 Å². The summed E-state index contributed by atoms with van der Waals surface area (Å²) >= 11 is 0. The van der Waals surface area contributed by atoms with Crippen LogP contribution in [0.4, 0.5) is 0 Å². The van der Waals surface area contributed by atoms with Crippen molar-refractivity contribution < 1.29 is 0 Å². The van der Waals surface area contributed by atoms with Crippen LogP contribution in [0.25, 0.3) is 0 Å². The maximum atomic E-state index is 2.19. The summed E-state index contributed by atoms with van der Waals surface area (Å²) < 4.78 is 0. The molecule has 0 aliphatic rings. The van der Waals surface area contributed by atoms with Gasteiger partial charge in [0, 0.05) is 5.54 Å². The van der Waals surface area contributed by atoms with E-state index in [1.807, 2.05) is 0 Å². The maximum Gasteiger partial charge on any atom is 0.0118 e. The van der Waals surface area contributed by atoms with Crippen molar-refractivity contribution in [3.05, 3.63) is 0 Å². The minimum Gasteiger partial charge on any atom is -0.305 e. The van der Waals surface area contributed by atoms with Gasteiger partial charge < -0.3 is 4.90 Å². The van der Waals surface area contributed by atoms with Crippen molar-refractivity contribution in [1.82, 2.24) is 4.90 Å². The number of nitrogens with zero attached hydrogens (tertiary/aromatic N) is 1. The normalized spacial score (nSPS) is 11.2. The third kappa shape index (κ3) is 4.13. The van der Waals surface area contributed by atoms with Crippen molar-refractivity contribution in [3.8, 4) is 0 Å². The number of hydrogen-bond acceptors (Lipinski definition) is 1. The van der Waals surface area contributed by atoms with E-state index in [0.29, 0.717) is 5.54 Å². The Morgan fingerprint density at radius 1 is 1.00 bits per heavy atom. The molecular weight excluding hydrogens is 98.1 g/mol. The van der Waals surface area contributed by atoms with Crippen LogP contribution in [0.15, 0.2) is 0 Å². The van der Waals surface area contributed by atoms with Gasteiger partial charge in [-0.2, -0.15) is 0 Å². The fourth-order valence-electron chi connectivity index (χ4n) is 0. The summed E-state index contributed by atoms with van der Waals surface area (Å²) in [4.78, 5) is 2.19. The molecule has 8 heavy (non-hydrogen) atoms. The second-order valence-electron chi connectivity index (χ2n) is 3.07. The Hall–Kier alpha value is -0.0400. The number of hydrogen-bond donors (Lipinski definition) is 0. The van der Waals surface area contributed by atoms with Crippen molar-refractivity contribution in [2.45, 2.75) is 33.7 Å². The highest BCUT2D eigenvalue weighted by molar-refractivity contribution is 4.67. The molecule has 0 bridgehead atoms. The van der Waals surface area contributed by atoms with Crippen molar-refractivity contribution in [2.75, 3.05) is 14.1 Å². The molecule has 0 aromatic heterocycles. The Morgan fingerprint density at radius 2 is 1.12 bits per heavy atom. The summed E-state index contributed by atoms with van der Waals surface area (Å²) in [7, 11) is 4.17. The van der Waals surface area contributed by atoms with Crippen LogP contribution < -0.4 is 0 Å². The molecular formula is C7H19N. The van der Waals surface area contributed by atoms with E-state index in [-0.39, 0.29) is 7.43 Å². The standard InChI is InChI=1S/C6H15N.CH4/c1-6(2,3)7(4)5;/h1-5H3;1H4. The Labute approximate surface area is 53.7 Å². The van der Waals surface area contributed by atoms with Crippen LogP contribution in [-0.2, 0) is 0 Å². The van der Waals surface area contributed by atoms with Crippen LogP contribution in [0.5, 0.6) is 0 Å². The highest BCUT2D eigenvalue weighted by Crippen LogP contribution is 2.05. The van der Waals surface area contributed by atoms with Gasteiger partial charge in [-0.15, -0.1) is 0 Å². The molecule has 0 aliphatic heterocycles. The quantitative estimate of drug-likeness (QED) is 0.469. The predicted octanol–water partition coefficient (Wildman–Crippen LogP) is 1.98. The van der Waals surface area contributed by atoms with Crippen LogP contribution >= 0.6 is 0 Å². The Bertz CT molecular complexity index is 49.9. The minimum absolute atomic E-state index is 0. The molecule has 0 amide bonds. The van der Waals surface area contributed by atoms with Crippen molar-refractivity contribution in [1.29, 1.82) is 0 Å². The summed E-state index contributed by atoms with van der Waals surface area (Å²) in [6.07, 6.45) is 0. The maximum absolute atomic E-state index is 2.19. The molecule has 0 atom stereocenters. The second-order valence-corrected chi connectivity index (χ2v) is 3.07. The molecule has 0 aromatic rings. The van der Waals surface area contributed by atoms with Crippen LogP contribution in [0.2, 0.25) is 0 Å². The van der Waals surface area contributed by atoms with E-state index in [1.54, 1.807) is 0 Å². The van der Waals surface area contributed by atoms with Crippen molar-refractivity contribution in [2.24, 2.45) is 0 Å². The molecule has 0 heterocycles. The third-order valence-electron chi connectivity index (χ3n) is 1.34. The molecule has 0 rings (SSSR count). The van der Waals surface area contributed by atoms with E-state index in [2.05, 4.69) is 39.8 Å².